The molecule has 6 nitrogen and oxygen atoms in total. The predicted octanol–water partition coefficient (Wildman–Crippen LogP) is 3.30. The number of amides is 1. The quantitative estimate of drug-likeness (QED) is 0.713. The van der Waals surface area contributed by atoms with Crippen LogP contribution in [0, 0.1) is 6.92 Å². The molecule has 1 unspecified atom stereocenters. The number of para-hydroxylation sites is 1. The molecule has 0 radical (unpaired) electrons. The number of carbonyl (C=O) groups is 1. The van der Waals surface area contributed by atoms with E-state index in [0.717, 1.165) is 22.6 Å². The maximum atomic E-state index is 12.5. The molecule has 0 aliphatic rings. The van der Waals surface area contributed by atoms with Crippen LogP contribution in [-0.4, -0.2) is 30.9 Å². The Balaban J connectivity index is 1.71. The van der Waals surface area contributed by atoms with Crippen molar-refractivity contribution >= 4 is 23.4 Å². The second-order valence-electron chi connectivity index (χ2n) is 5.67. The minimum atomic E-state index is -0.298. The van der Waals surface area contributed by atoms with Gasteiger partial charge in [-0.15, -0.1) is 10.2 Å². The van der Waals surface area contributed by atoms with E-state index in [1.165, 1.54) is 11.8 Å². The first kappa shape index (κ1) is 17.2. The summed E-state index contributed by atoms with van der Waals surface area (Å²) in [6.07, 6.45) is 3.43. The number of rotatable bonds is 5. The van der Waals surface area contributed by atoms with Gasteiger partial charge in [-0.3, -0.25) is 9.78 Å². The Bertz CT molecular complexity index is 878. The van der Waals surface area contributed by atoms with Gasteiger partial charge in [-0.25, -0.2) is 0 Å². The van der Waals surface area contributed by atoms with Crippen LogP contribution in [-0.2, 0) is 11.8 Å². The van der Waals surface area contributed by atoms with Crippen LogP contribution in [0.4, 0.5) is 5.69 Å². The minimum Gasteiger partial charge on any atom is -0.325 e. The van der Waals surface area contributed by atoms with E-state index in [4.69, 9.17) is 0 Å². The summed E-state index contributed by atoms with van der Waals surface area (Å²) in [6.45, 7) is 3.83. The van der Waals surface area contributed by atoms with E-state index in [9.17, 15) is 4.79 Å². The molecule has 25 heavy (non-hydrogen) atoms. The lowest BCUT2D eigenvalue weighted by Gasteiger charge is -2.13. The number of nitrogens with zero attached hydrogens (tertiary/aromatic N) is 4. The van der Waals surface area contributed by atoms with Crippen LogP contribution in [0.3, 0.4) is 0 Å². The molecular weight excluding hydrogens is 334 g/mol. The average molecular weight is 353 g/mol. The lowest BCUT2D eigenvalue weighted by atomic mass is 10.2. The second-order valence-corrected chi connectivity index (χ2v) is 6.97. The molecule has 0 saturated carbocycles. The zero-order valence-electron chi connectivity index (χ0n) is 14.3. The summed E-state index contributed by atoms with van der Waals surface area (Å²) in [6, 6.07) is 11.5. The van der Waals surface area contributed by atoms with Gasteiger partial charge in [0.15, 0.2) is 11.0 Å². The van der Waals surface area contributed by atoms with Gasteiger partial charge in [-0.1, -0.05) is 30.0 Å². The number of hydrogen-bond donors (Lipinski definition) is 1. The molecule has 0 aliphatic carbocycles. The van der Waals surface area contributed by atoms with E-state index in [-0.39, 0.29) is 11.2 Å². The third-order valence-corrected chi connectivity index (χ3v) is 4.96. The number of pyridine rings is 1. The van der Waals surface area contributed by atoms with Crippen molar-refractivity contribution in [2.45, 2.75) is 24.3 Å². The highest BCUT2D eigenvalue weighted by atomic mass is 32.2. The van der Waals surface area contributed by atoms with Gasteiger partial charge in [0.25, 0.3) is 0 Å². The van der Waals surface area contributed by atoms with Gasteiger partial charge < -0.3 is 9.88 Å². The first-order valence-electron chi connectivity index (χ1n) is 7.89. The molecular formula is C18H19N5OS. The monoisotopic (exact) mass is 353 g/mol. The van der Waals surface area contributed by atoms with E-state index < -0.39 is 0 Å². The number of benzene rings is 1. The summed E-state index contributed by atoms with van der Waals surface area (Å²) in [7, 11) is 1.89. The molecule has 0 fully saturated rings. The number of nitrogens with one attached hydrogen (secondary N) is 1. The summed E-state index contributed by atoms with van der Waals surface area (Å²) in [5.74, 6) is 0.684. The first-order valence-corrected chi connectivity index (χ1v) is 8.77. The van der Waals surface area contributed by atoms with Crippen molar-refractivity contribution in [1.29, 1.82) is 0 Å². The van der Waals surface area contributed by atoms with Crippen molar-refractivity contribution in [3.8, 4) is 11.4 Å². The molecule has 2 aromatic heterocycles. The maximum absolute atomic E-state index is 12.5. The normalized spacial score (nSPS) is 12.0. The van der Waals surface area contributed by atoms with Crippen LogP contribution < -0.4 is 5.32 Å². The van der Waals surface area contributed by atoms with Gasteiger partial charge >= 0.3 is 0 Å². The van der Waals surface area contributed by atoms with Crippen molar-refractivity contribution in [3.05, 3.63) is 54.4 Å². The molecule has 1 amide bonds. The molecule has 0 saturated heterocycles. The van der Waals surface area contributed by atoms with Crippen molar-refractivity contribution in [2.75, 3.05) is 5.32 Å². The largest absolute Gasteiger partial charge is 0.325 e. The molecule has 1 aromatic carbocycles. The molecule has 7 heteroatoms. The number of carbonyl (C=O) groups excluding carboxylic acids is 1. The van der Waals surface area contributed by atoms with E-state index >= 15 is 0 Å². The van der Waals surface area contributed by atoms with Gasteiger partial charge in [-0.2, -0.15) is 0 Å². The van der Waals surface area contributed by atoms with Gasteiger partial charge in [0.2, 0.25) is 5.91 Å². The molecule has 128 valence electrons. The SMILES string of the molecule is Cc1ccccc1NC(=O)C(C)Sc1nnc(-c2ccncc2)n1C. The van der Waals surface area contributed by atoms with E-state index in [1.54, 1.807) is 12.4 Å². The Morgan fingerprint density at radius 3 is 2.60 bits per heavy atom. The lowest BCUT2D eigenvalue weighted by Crippen LogP contribution is -2.23. The molecule has 3 aromatic rings. The summed E-state index contributed by atoms with van der Waals surface area (Å²) in [4.78, 5) is 16.5. The maximum Gasteiger partial charge on any atom is 0.237 e. The summed E-state index contributed by atoms with van der Waals surface area (Å²) >= 11 is 1.38. The molecule has 1 N–H and O–H groups in total. The third kappa shape index (κ3) is 3.88. The predicted molar refractivity (Wildman–Crippen MR) is 99.4 cm³/mol. The standard InChI is InChI=1S/C18H19N5OS/c1-12-6-4-5-7-15(12)20-17(24)13(2)25-18-22-21-16(23(18)3)14-8-10-19-11-9-14/h4-11,13H,1-3H3,(H,20,24). The van der Waals surface area contributed by atoms with E-state index in [1.807, 2.05) is 61.9 Å². The van der Waals surface area contributed by atoms with Crippen molar-refractivity contribution in [1.82, 2.24) is 19.7 Å². The van der Waals surface area contributed by atoms with Crippen molar-refractivity contribution in [2.24, 2.45) is 7.05 Å². The molecule has 3 rings (SSSR count). The summed E-state index contributed by atoms with van der Waals surface area (Å²) in [5.41, 5.74) is 2.80. The molecule has 2 heterocycles. The van der Waals surface area contributed by atoms with Crippen molar-refractivity contribution < 1.29 is 4.79 Å². The fourth-order valence-corrected chi connectivity index (χ4v) is 3.14. The van der Waals surface area contributed by atoms with Gasteiger partial charge in [0, 0.05) is 30.7 Å². The Morgan fingerprint density at radius 1 is 1.16 bits per heavy atom. The van der Waals surface area contributed by atoms with Gasteiger partial charge in [-0.05, 0) is 37.6 Å². The minimum absolute atomic E-state index is 0.0623. The smallest absolute Gasteiger partial charge is 0.237 e. The van der Waals surface area contributed by atoms with Crippen LogP contribution in [0.25, 0.3) is 11.4 Å². The van der Waals surface area contributed by atoms with E-state index in [0.29, 0.717) is 5.16 Å². The fourth-order valence-electron chi connectivity index (χ4n) is 2.33. The Labute approximate surface area is 150 Å². The Kier molecular flexibility index (Phi) is 5.14. The molecule has 0 spiro atoms. The van der Waals surface area contributed by atoms with Crippen LogP contribution in [0.15, 0.2) is 53.9 Å². The van der Waals surface area contributed by atoms with Crippen LogP contribution in [0.1, 0.15) is 12.5 Å². The topological polar surface area (TPSA) is 72.7 Å². The third-order valence-electron chi connectivity index (χ3n) is 3.83. The molecule has 0 bridgehead atoms. The van der Waals surface area contributed by atoms with Gasteiger partial charge in [0.05, 0.1) is 5.25 Å². The zero-order chi connectivity index (χ0) is 17.8. The van der Waals surface area contributed by atoms with Crippen LogP contribution in [0.2, 0.25) is 0 Å². The lowest BCUT2D eigenvalue weighted by molar-refractivity contribution is -0.115. The Morgan fingerprint density at radius 2 is 1.88 bits per heavy atom. The molecule has 1 atom stereocenters. The fraction of sp³-hybridized carbons (Fsp3) is 0.222. The number of thioether (sulfide) groups is 1. The zero-order valence-corrected chi connectivity index (χ0v) is 15.1. The number of anilines is 1. The van der Waals surface area contributed by atoms with Gasteiger partial charge in [0.1, 0.15) is 0 Å². The second kappa shape index (κ2) is 7.48. The highest BCUT2D eigenvalue weighted by molar-refractivity contribution is 8.00. The van der Waals surface area contributed by atoms with Crippen LogP contribution >= 0.6 is 11.8 Å². The number of aryl methyl sites for hydroxylation is 1. The number of hydrogen-bond acceptors (Lipinski definition) is 5. The van der Waals surface area contributed by atoms with Crippen LogP contribution in [0.5, 0.6) is 0 Å². The van der Waals surface area contributed by atoms with Crippen molar-refractivity contribution in [3.63, 3.8) is 0 Å². The highest BCUT2D eigenvalue weighted by Crippen LogP contribution is 2.26. The first-order chi connectivity index (χ1) is 12.1. The molecule has 0 aliphatic heterocycles. The Hall–Kier alpha value is -2.67. The van der Waals surface area contributed by atoms with E-state index in [2.05, 4.69) is 20.5 Å². The highest BCUT2D eigenvalue weighted by Gasteiger charge is 2.19. The summed E-state index contributed by atoms with van der Waals surface area (Å²) in [5, 5.41) is 11.8. The summed E-state index contributed by atoms with van der Waals surface area (Å²) < 4.78 is 1.89. The number of aromatic nitrogens is 4. The average Bonchev–Trinajstić information content (AvgIpc) is 2.98.